The fourth-order valence-electron chi connectivity index (χ4n) is 1.05. The molecule has 0 aromatic heterocycles. The van der Waals surface area contributed by atoms with Crippen molar-refractivity contribution in [2.24, 2.45) is 0 Å². The van der Waals surface area contributed by atoms with Gasteiger partial charge in [0, 0.05) is 4.90 Å². The fourth-order valence-corrected chi connectivity index (χ4v) is 3.13. The monoisotopic (exact) mass is 336 g/mol. The van der Waals surface area contributed by atoms with Crippen LogP contribution >= 0.6 is 20.4 Å². The third-order valence-corrected chi connectivity index (χ3v) is 4.19. The summed E-state index contributed by atoms with van der Waals surface area (Å²) in [6.45, 7) is -0.813. The molecule has 11 heteroatoms. The highest BCUT2D eigenvalue weighted by Gasteiger charge is 2.32. The van der Waals surface area contributed by atoms with Crippen LogP contribution in [0.5, 0.6) is 0 Å². The molecule has 0 fully saturated rings. The lowest BCUT2D eigenvalue weighted by Gasteiger charge is -2.11. The van der Waals surface area contributed by atoms with Crippen LogP contribution in [0.2, 0.25) is 0 Å². The third-order valence-electron chi connectivity index (χ3n) is 1.68. The number of hydrogen-bond acceptors (Lipinski definition) is 6. The van der Waals surface area contributed by atoms with E-state index in [1.54, 1.807) is 0 Å². The Morgan fingerprint density at radius 3 is 2.47 bits per heavy atom. The van der Waals surface area contributed by atoms with Gasteiger partial charge >= 0.3 is 5.51 Å². The van der Waals surface area contributed by atoms with E-state index in [1.165, 1.54) is 12.1 Å². The normalized spacial score (nSPS) is 13.2. The quantitative estimate of drug-likeness (QED) is 0.261. The van der Waals surface area contributed by atoms with Crippen LogP contribution in [-0.4, -0.2) is 20.7 Å². The van der Waals surface area contributed by atoms with Crippen LogP contribution in [0.15, 0.2) is 34.1 Å². The Morgan fingerprint density at radius 2 is 1.89 bits per heavy atom. The minimum atomic E-state index is -4.62. The van der Waals surface area contributed by atoms with Gasteiger partial charge in [0.1, 0.15) is 4.90 Å². The second kappa shape index (κ2) is 6.76. The molecule has 0 aliphatic heterocycles. The van der Waals surface area contributed by atoms with E-state index in [1.807, 2.05) is 0 Å². The average Bonchev–Trinajstić information content (AvgIpc) is 2.27. The molecule has 0 saturated carbocycles. The Balaban J connectivity index is 3.02. The zero-order valence-corrected chi connectivity index (χ0v) is 11.9. The van der Waals surface area contributed by atoms with Crippen molar-refractivity contribution >= 4 is 30.6 Å². The molecule has 1 rings (SSSR count). The van der Waals surface area contributed by atoms with E-state index < -0.39 is 52.7 Å². The first-order valence-corrected chi connectivity index (χ1v) is 7.72. The highest BCUT2D eigenvalue weighted by Crippen LogP contribution is 2.40. The van der Waals surface area contributed by atoms with Crippen LogP contribution in [0.3, 0.4) is 0 Å². The number of rotatable bonds is 6. The van der Waals surface area contributed by atoms with Crippen LogP contribution < -0.4 is 0 Å². The zero-order valence-electron chi connectivity index (χ0n) is 9.09. The van der Waals surface area contributed by atoms with Gasteiger partial charge in [-0.1, -0.05) is 12.1 Å². The number of hydrogen-bond donors (Lipinski definition) is 0. The summed E-state index contributed by atoms with van der Waals surface area (Å²) in [5, 5.41) is 0. The molecule has 1 aromatic carbocycles. The van der Waals surface area contributed by atoms with Gasteiger partial charge in [0.15, 0.2) is 15.5 Å². The summed E-state index contributed by atoms with van der Waals surface area (Å²) in [6, 6.07) is 4.52. The van der Waals surface area contributed by atoms with Gasteiger partial charge in [0.05, 0.1) is 0 Å². The first-order chi connectivity index (χ1) is 8.76. The van der Waals surface area contributed by atoms with Gasteiger partial charge in [-0.25, -0.2) is 4.18 Å². The van der Waals surface area contributed by atoms with Crippen LogP contribution in [-0.2, 0) is 23.4 Å². The van der Waals surface area contributed by atoms with Crippen molar-refractivity contribution in [3.05, 3.63) is 24.3 Å². The van der Waals surface area contributed by atoms with Gasteiger partial charge in [0.25, 0.3) is 10.1 Å². The Morgan fingerprint density at radius 1 is 1.26 bits per heavy atom. The fraction of sp³-hybridized carbons (Fsp3) is 0.250. The second-order valence-electron chi connectivity index (χ2n) is 2.95. The van der Waals surface area contributed by atoms with E-state index >= 15 is 0 Å². The van der Waals surface area contributed by atoms with E-state index in [0.717, 1.165) is 12.1 Å². The van der Waals surface area contributed by atoms with Gasteiger partial charge in [-0.3, -0.25) is 4.57 Å². The van der Waals surface area contributed by atoms with Crippen molar-refractivity contribution in [3.63, 3.8) is 0 Å². The molecule has 0 bridgehead atoms. The Labute approximate surface area is 112 Å². The molecule has 108 valence electrons. The molecule has 0 saturated heterocycles. The van der Waals surface area contributed by atoms with E-state index in [-0.39, 0.29) is 0 Å². The van der Waals surface area contributed by atoms with E-state index in [9.17, 15) is 26.2 Å². The van der Waals surface area contributed by atoms with Crippen molar-refractivity contribution in [1.29, 1.82) is 0 Å². The summed E-state index contributed by atoms with van der Waals surface area (Å²) in [5.41, 5.74) is -4.62. The van der Waals surface area contributed by atoms with Crippen LogP contribution in [0.25, 0.3) is 0 Å². The zero-order chi connectivity index (χ0) is 14.5. The van der Waals surface area contributed by atoms with E-state index in [2.05, 4.69) is 8.71 Å². The van der Waals surface area contributed by atoms with Gasteiger partial charge in [0.2, 0.25) is 0 Å². The van der Waals surface area contributed by atoms with Crippen molar-refractivity contribution in [3.8, 4) is 0 Å². The molecule has 0 radical (unpaired) electrons. The lowest BCUT2D eigenvalue weighted by molar-refractivity contribution is -0.0328. The molecule has 0 aliphatic rings. The van der Waals surface area contributed by atoms with Gasteiger partial charge in [-0.15, -0.1) is 0 Å². The maximum atomic E-state index is 12.3. The lowest BCUT2D eigenvalue weighted by Crippen LogP contribution is -2.10. The summed E-state index contributed by atoms with van der Waals surface area (Å²) < 4.78 is 78.7. The highest BCUT2D eigenvalue weighted by molar-refractivity contribution is 8.00. The molecule has 1 atom stereocenters. The summed E-state index contributed by atoms with van der Waals surface area (Å²) in [7, 11) is -6.07. The van der Waals surface area contributed by atoms with Crippen LogP contribution in [0, 0.1) is 0 Å². The topological polar surface area (TPSA) is 69.7 Å². The van der Waals surface area contributed by atoms with Crippen molar-refractivity contribution in [2.45, 2.75) is 15.3 Å². The summed E-state index contributed by atoms with van der Waals surface area (Å²) in [6.07, 6.45) is 0. The minimum Gasteiger partial charge on any atom is -0.304 e. The molecule has 0 amide bonds. The predicted octanol–water partition coefficient (Wildman–Crippen LogP) is 2.65. The Hall–Kier alpha value is -0.540. The first kappa shape index (κ1) is 16.5. The Kier molecular flexibility index (Phi) is 5.87. The van der Waals surface area contributed by atoms with Gasteiger partial charge < -0.3 is 4.52 Å². The predicted molar refractivity (Wildman–Crippen MR) is 63.0 cm³/mol. The van der Waals surface area contributed by atoms with E-state index in [0.29, 0.717) is 0 Å². The standard InChI is InChI=1S/C8H8F3O5PS2/c9-8(10,11)18-6-3-1-2-4-7(6)19(13,14)16-5-15-17-12/h1-4H,5,17H2. The maximum Gasteiger partial charge on any atom is 0.446 e. The van der Waals surface area contributed by atoms with Gasteiger partial charge in [-0.2, -0.15) is 21.6 Å². The summed E-state index contributed by atoms with van der Waals surface area (Å²) in [5.74, 6) is 0. The molecule has 1 unspecified atom stereocenters. The maximum absolute atomic E-state index is 12.3. The summed E-state index contributed by atoms with van der Waals surface area (Å²) in [4.78, 5) is -1.13. The Bertz CT molecular complexity index is 546. The average molecular weight is 336 g/mol. The molecule has 1 aromatic rings. The summed E-state index contributed by atoms with van der Waals surface area (Å²) >= 11 is -0.563. The van der Waals surface area contributed by atoms with Crippen LogP contribution in [0.1, 0.15) is 0 Å². The number of benzene rings is 1. The minimum absolute atomic E-state index is 0.510. The largest absolute Gasteiger partial charge is 0.446 e. The lowest BCUT2D eigenvalue weighted by atomic mass is 10.4. The molecular weight excluding hydrogens is 328 g/mol. The molecule has 0 heterocycles. The molecule has 0 N–H and O–H groups in total. The SMILES string of the molecule is O=[PH2]OCOS(=O)(=O)c1ccccc1SC(F)(F)F. The molecule has 19 heavy (non-hydrogen) atoms. The molecular formula is C8H8F3O5PS2. The number of alkyl halides is 3. The van der Waals surface area contributed by atoms with E-state index in [4.69, 9.17) is 0 Å². The smallest absolute Gasteiger partial charge is 0.304 e. The first-order valence-electron chi connectivity index (χ1n) is 4.56. The number of thioether (sulfide) groups is 1. The molecule has 0 spiro atoms. The molecule has 0 aliphatic carbocycles. The number of halogens is 3. The second-order valence-corrected chi connectivity index (χ2v) is 6.16. The van der Waals surface area contributed by atoms with Crippen LogP contribution in [0.4, 0.5) is 13.2 Å². The van der Waals surface area contributed by atoms with Crippen molar-refractivity contribution in [1.82, 2.24) is 0 Å². The molecule has 5 nitrogen and oxygen atoms in total. The third kappa shape index (κ3) is 5.53. The van der Waals surface area contributed by atoms with Gasteiger partial charge in [-0.05, 0) is 23.9 Å². The highest BCUT2D eigenvalue weighted by atomic mass is 32.2. The van der Waals surface area contributed by atoms with Crippen molar-refractivity contribution < 1.29 is 34.9 Å². The van der Waals surface area contributed by atoms with Crippen molar-refractivity contribution in [2.75, 3.05) is 6.79 Å².